The number of hydrogen-bond acceptors (Lipinski definition) is 3. The number of para-hydroxylation sites is 1. The van der Waals surface area contributed by atoms with Crippen molar-refractivity contribution in [3.05, 3.63) is 64.7 Å². The molecule has 0 saturated carbocycles. The molecule has 0 atom stereocenters. The van der Waals surface area contributed by atoms with Gasteiger partial charge in [-0.1, -0.05) is 35.9 Å². The predicted octanol–water partition coefficient (Wildman–Crippen LogP) is 3.98. The van der Waals surface area contributed by atoms with E-state index in [9.17, 15) is 9.59 Å². The van der Waals surface area contributed by atoms with E-state index in [1.54, 1.807) is 42.5 Å². The molecule has 1 saturated heterocycles. The van der Waals surface area contributed by atoms with Crippen molar-refractivity contribution in [2.75, 3.05) is 5.01 Å². The van der Waals surface area contributed by atoms with E-state index < -0.39 is 11.8 Å². The maximum atomic E-state index is 12.6. The molecule has 2 aromatic rings. The molecule has 0 aromatic heterocycles. The van der Waals surface area contributed by atoms with Gasteiger partial charge in [-0.2, -0.15) is 0 Å². The number of ether oxygens (including phenoxy) is 1. The molecular formula is C20H19ClN2O3. The third kappa shape index (κ3) is 3.89. The second kappa shape index (κ2) is 6.84. The minimum Gasteiger partial charge on any atom is -0.487 e. The number of carbonyl (C=O) groups excluding carboxylic acids is 2. The average molecular weight is 371 g/mol. The molecule has 0 radical (unpaired) electrons. The second-order valence-corrected chi connectivity index (χ2v) is 7.29. The summed E-state index contributed by atoms with van der Waals surface area (Å²) in [4.78, 5) is 24.8. The van der Waals surface area contributed by atoms with Crippen LogP contribution in [0.1, 0.15) is 26.3 Å². The fraction of sp³-hybridized carbons (Fsp3) is 0.200. The van der Waals surface area contributed by atoms with Crippen LogP contribution in [0.2, 0.25) is 5.02 Å². The van der Waals surface area contributed by atoms with E-state index in [1.165, 1.54) is 11.1 Å². The summed E-state index contributed by atoms with van der Waals surface area (Å²) in [6, 6.07) is 14.1. The smallest absolute Gasteiger partial charge is 0.282 e. The maximum Gasteiger partial charge on any atom is 0.282 e. The first-order chi connectivity index (χ1) is 12.2. The van der Waals surface area contributed by atoms with Crippen molar-refractivity contribution in [2.45, 2.75) is 26.4 Å². The van der Waals surface area contributed by atoms with E-state index in [-0.39, 0.29) is 11.2 Å². The van der Waals surface area contributed by atoms with Crippen molar-refractivity contribution in [2.24, 2.45) is 0 Å². The lowest BCUT2D eigenvalue weighted by Gasteiger charge is -2.22. The molecule has 1 aliphatic rings. The summed E-state index contributed by atoms with van der Waals surface area (Å²) in [6.45, 7) is 5.79. The zero-order valence-electron chi connectivity index (χ0n) is 14.7. The van der Waals surface area contributed by atoms with Crippen LogP contribution < -0.4 is 15.2 Å². The predicted molar refractivity (Wildman–Crippen MR) is 102 cm³/mol. The number of anilines is 1. The number of hydrazine groups is 1. The van der Waals surface area contributed by atoms with E-state index in [4.69, 9.17) is 16.3 Å². The van der Waals surface area contributed by atoms with Crippen LogP contribution in [-0.2, 0) is 9.59 Å². The van der Waals surface area contributed by atoms with Gasteiger partial charge < -0.3 is 4.74 Å². The van der Waals surface area contributed by atoms with E-state index >= 15 is 0 Å². The largest absolute Gasteiger partial charge is 0.487 e. The monoisotopic (exact) mass is 370 g/mol. The lowest BCUT2D eigenvalue weighted by atomic mass is 10.1. The summed E-state index contributed by atoms with van der Waals surface area (Å²) < 4.78 is 5.77. The van der Waals surface area contributed by atoms with Crippen LogP contribution in [-0.4, -0.2) is 17.4 Å². The Morgan fingerprint density at radius 3 is 2.38 bits per heavy atom. The summed E-state index contributed by atoms with van der Waals surface area (Å²) >= 11 is 6.27. The fourth-order valence-electron chi connectivity index (χ4n) is 2.50. The van der Waals surface area contributed by atoms with E-state index in [1.807, 2.05) is 26.8 Å². The number of amides is 2. The number of rotatable bonds is 3. The Bertz CT molecular complexity index is 886. The lowest BCUT2D eigenvalue weighted by molar-refractivity contribution is -0.117. The summed E-state index contributed by atoms with van der Waals surface area (Å²) in [7, 11) is 0. The van der Waals surface area contributed by atoms with E-state index in [0.29, 0.717) is 22.0 Å². The highest BCUT2D eigenvalue weighted by atomic mass is 35.5. The van der Waals surface area contributed by atoms with Crippen molar-refractivity contribution in [1.29, 1.82) is 0 Å². The topological polar surface area (TPSA) is 58.6 Å². The molecule has 0 aliphatic carbocycles. The molecule has 1 N–H and O–H groups in total. The Morgan fingerprint density at radius 1 is 1.08 bits per heavy atom. The number of halogens is 1. The van der Waals surface area contributed by atoms with Crippen LogP contribution in [0.25, 0.3) is 6.08 Å². The van der Waals surface area contributed by atoms with Gasteiger partial charge in [-0.15, -0.1) is 0 Å². The first-order valence-electron chi connectivity index (χ1n) is 8.15. The van der Waals surface area contributed by atoms with Gasteiger partial charge in [-0.25, -0.2) is 5.01 Å². The second-order valence-electron chi connectivity index (χ2n) is 6.88. The summed E-state index contributed by atoms with van der Waals surface area (Å²) in [6.07, 6.45) is 1.52. The highest BCUT2D eigenvalue weighted by Crippen LogP contribution is 2.30. The molecule has 0 spiro atoms. The van der Waals surface area contributed by atoms with E-state index in [2.05, 4.69) is 5.43 Å². The zero-order valence-corrected chi connectivity index (χ0v) is 15.5. The standard InChI is InChI=1S/C20H19ClN2O3/c1-20(2,3)26-17-10-9-13(12-16(17)21)11-15-18(24)22-23(19(15)25)14-7-5-4-6-8-14/h4-12H,1-3H3,(H,22,24). The van der Waals surface area contributed by atoms with Crippen LogP contribution in [0, 0.1) is 0 Å². The van der Waals surface area contributed by atoms with Crippen LogP contribution in [0.5, 0.6) is 5.75 Å². The van der Waals surface area contributed by atoms with Crippen molar-refractivity contribution in [3.63, 3.8) is 0 Å². The maximum absolute atomic E-state index is 12.6. The number of nitrogens with zero attached hydrogens (tertiary/aromatic N) is 1. The summed E-state index contributed by atoms with van der Waals surface area (Å²) in [5.74, 6) is -0.313. The average Bonchev–Trinajstić information content (AvgIpc) is 2.85. The SMILES string of the molecule is CC(C)(C)Oc1ccc(C=C2C(=O)NN(c3ccccc3)C2=O)cc1Cl. The van der Waals surface area contributed by atoms with Crippen molar-refractivity contribution in [1.82, 2.24) is 5.43 Å². The highest BCUT2D eigenvalue weighted by Gasteiger charge is 2.34. The van der Waals surface area contributed by atoms with Crippen LogP contribution >= 0.6 is 11.6 Å². The Kier molecular flexibility index (Phi) is 4.74. The molecular weight excluding hydrogens is 352 g/mol. The Balaban J connectivity index is 1.87. The van der Waals surface area contributed by atoms with Crippen LogP contribution in [0.3, 0.4) is 0 Å². The zero-order chi connectivity index (χ0) is 18.9. The quantitative estimate of drug-likeness (QED) is 0.656. The van der Waals surface area contributed by atoms with Gasteiger partial charge in [0.05, 0.1) is 10.7 Å². The molecule has 1 heterocycles. The Morgan fingerprint density at radius 2 is 1.77 bits per heavy atom. The summed E-state index contributed by atoms with van der Waals surface area (Å²) in [5.41, 5.74) is 3.48. The first-order valence-corrected chi connectivity index (χ1v) is 8.53. The number of carbonyl (C=O) groups is 2. The molecule has 0 bridgehead atoms. The molecule has 1 aliphatic heterocycles. The third-order valence-corrected chi connectivity index (χ3v) is 3.88. The van der Waals surface area contributed by atoms with Gasteiger partial charge in [-0.3, -0.25) is 15.0 Å². The Labute approximate surface area is 157 Å². The molecule has 134 valence electrons. The van der Waals surface area contributed by atoms with Gasteiger partial charge in [0.2, 0.25) is 0 Å². The van der Waals surface area contributed by atoms with Crippen molar-refractivity contribution >= 4 is 35.2 Å². The molecule has 2 amide bonds. The minimum absolute atomic E-state index is 0.0504. The number of hydrogen-bond donors (Lipinski definition) is 1. The van der Waals surface area contributed by atoms with Gasteiger partial charge in [0.15, 0.2) is 0 Å². The Hall–Kier alpha value is -2.79. The molecule has 0 unspecified atom stereocenters. The first kappa shape index (κ1) is 18.0. The lowest BCUT2D eigenvalue weighted by Crippen LogP contribution is -2.35. The van der Waals surface area contributed by atoms with Gasteiger partial charge in [0.25, 0.3) is 11.8 Å². The van der Waals surface area contributed by atoms with Gasteiger partial charge in [0.1, 0.15) is 16.9 Å². The van der Waals surface area contributed by atoms with Gasteiger partial charge >= 0.3 is 0 Å². The molecule has 2 aromatic carbocycles. The molecule has 1 fully saturated rings. The minimum atomic E-state index is -0.454. The molecule has 5 nitrogen and oxygen atoms in total. The normalized spacial score (nSPS) is 16.2. The van der Waals surface area contributed by atoms with E-state index in [0.717, 1.165) is 0 Å². The number of benzene rings is 2. The van der Waals surface area contributed by atoms with Gasteiger partial charge in [-0.05, 0) is 56.7 Å². The fourth-order valence-corrected chi connectivity index (χ4v) is 2.73. The van der Waals surface area contributed by atoms with Crippen LogP contribution in [0.15, 0.2) is 54.1 Å². The molecule has 3 rings (SSSR count). The van der Waals surface area contributed by atoms with Crippen LogP contribution in [0.4, 0.5) is 5.69 Å². The summed E-state index contributed by atoms with van der Waals surface area (Å²) in [5, 5.41) is 1.65. The third-order valence-electron chi connectivity index (χ3n) is 3.59. The highest BCUT2D eigenvalue weighted by molar-refractivity contribution is 6.33. The van der Waals surface area contributed by atoms with Crippen molar-refractivity contribution < 1.29 is 14.3 Å². The molecule has 6 heteroatoms. The van der Waals surface area contributed by atoms with Gasteiger partial charge in [0, 0.05) is 0 Å². The van der Waals surface area contributed by atoms with Crippen molar-refractivity contribution in [3.8, 4) is 5.75 Å². The number of nitrogens with one attached hydrogen (secondary N) is 1. The molecule has 26 heavy (non-hydrogen) atoms.